The number of unbranched alkanes of at least 4 members (excludes halogenated alkanes) is 6. The zero-order chi connectivity index (χ0) is 16.8. The number of rotatable bonds is 15. The van der Waals surface area contributed by atoms with E-state index in [9.17, 15) is 9.59 Å². The van der Waals surface area contributed by atoms with E-state index in [-0.39, 0.29) is 13.2 Å². The molecule has 6 nitrogen and oxygen atoms in total. The largest absolute Gasteiger partial charge is 0.479 e. The van der Waals surface area contributed by atoms with Crippen molar-refractivity contribution < 1.29 is 29.3 Å². The second kappa shape index (κ2) is 13.5. The van der Waals surface area contributed by atoms with Crippen LogP contribution in [0.4, 0.5) is 0 Å². The van der Waals surface area contributed by atoms with Gasteiger partial charge in [0, 0.05) is 13.2 Å². The molecular weight excluding hydrogens is 288 g/mol. The Kier molecular flexibility index (Phi) is 12.8. The van der Waals surface area contributed by atoms with Crippen molar-refractivity contribution >= 4 is 11.9 Å². The number of ether oxygens (including phenoxy) is 2. The zero-order valence-electron chi connectivity index (χ0n) is 13.8. The van der Waals surface area contributed by atoms with E-state index in [2.05, 4.69) is 13.8 Å². The molecule has 0 aromatic carbocycles. The van der Waals surface area contributed by atoms with Gasteiger partial charge in [0.2, 0.25) is 0 Å². The highest BCUT2D eigenvalue weighted by Gasteiger charge is 2.35. The van der Waals surface area contributed by atoms with Gasteiger partial charge in [0.1, 0.15) is 0 Å². The average molecular weight is 318 g/mol. The average Bonchev–Trinajstić information content (AvgIpc) is 2.47. The maximum absolute atomic E-state index is 11.2. The van der Waals surface area contributed by atoms with Gasteiger partial charge >= 0.3 is 11.9 Å². The smallest absolute Gasteiger partial charge is 0.336 e. The minimum atomic E-state index is -1.45. The first-order valence-corrected chi connectivity index (χ1v) is 8.23. The quantitative estimate of drug-likeness (QED) is 0.451. The van der Waals surface area contributed by atoms with Gasteiger partial charge in [-0.15, -0.1) is 0 Å². The number of carbonyl (C=O) groups is 2. The summed E-state index contributed by atoms with van der Waals surface area (Å²) in [6.07, 6.45) is 4.67. The predicted molar refractivity (Wildman–Crippen MR) is 83.0 cm³/mol. The maximum Gasteiger partial charge on any atom is 0.336 e. The van der Waals surface area contributed by atoms with Crippen LogP contribution in [0.3, 0.4) is 0 Å². The van der Waals surface area contributed by atoms with Crippen molar-refractivity contribution in [1.82, 2.24) is 0 Å². The molecule has 0 aliphatic carbocycles. The molecule has 22 heavy (non-hydrogen) atoms. The van der Waals surface area contributed by atoms with E-state index in [1.165, 1.54) is 0 Å². The normalized spacial score (nSPS) is 13.7. The summed E-state index contributed by atoms with van der Waals surface area (Å²) in [7, 11) is 0. The van der Waals surface area contributed by atoms with Gasteiger partial charge in [-0.25, -0.2) is 9.59 Å². The molecule has 0 heterocycles. The first kappa shape index (κ1) is 20.9. The number of carboxylic acid groups (broad SMARTS) is 2. The van der Waals surface area contributed by atoms with Crippen molar-refractivity contribution in [1.29, 1.82) is 0 Å². The van der Waals surface area contributed by atoms with Crippen LogP contribution in [-0.2, 0) is 19.1 Å². The summed E-state index contributed by atoms with van der Waals surface area (Å²) in [6, 6.07) is 0. The summed E-state index contributed by atoms with van der Waals surface area (Å²) < 4.78 is 10.5. The molecule has 6 heteroatoms. The molecule has 0 saturated carbocycles. The molecule has 0 rings (SSSR count). The van der Waals surface area contributed by atoms with Crippen LogP contribution < -0.4 is 0 Å². The number of hydrogen-bond acceptors (Lipinski definition) is 4. The topological polar surface area (TPSA) is 93.1 Å². The Morgan fingerprint density at radius 1 is 0.727 bits per heavy atom. The van der Waals surface area contributed by atoms with Crippen LogP contribution >= 0.6 is 0 Å². The maximum atomic E-state index is 11.2. The molecular formula is C16H30O6. The molecule has 2 N–H and O–H groups in total. The van der Waals surface area contributed by atoms with Crippen molar-refractivity contribution in [2.24, 2.45) is 0 Å². The Hall–Kier alpha value is -1.14. The van der Waals surface area contributed by atoms with E-state index in [0.29, 0.717) is 0 Å². The van der Waals surface area contributed by atoms with Crippen LogP contribution in [0.5, 0.6) is 0 Å². The van der Waals surface area contributed by atoms with E-state index >= 15 is 0 Å². The monoisotopic (exact) mass is 318 g/mol. The molecule has 2 unspecified atom stereocenters. The van der Waals surface area contributed by atoms with Crippen LogP contribution in [0.2, 0.25) is 0 Å². The minimum Gasteiger partial charge on any atom is -0.479 e. The van der Waals surface area contributed by atoms with E-state index in [0.717, 1.165) is 51.4 Å². The van der Waals surface area contributed by atoms with Gasteiger partial charge in [0.25, 0.3) is 0 Å². The van der Waals surface area contributed by atoms with Crippen LogP contribution in [0.15, 0.2) is 0 Å². The first-order chi connectivity index (χ1) is 10.5. The van der Waals surface area contributed by atoms with Crippen molar-refractivity contribution in [3.8, 4) is 0 Å². The molecule has 2 atom stereocenters. The second-order valence-electron chi connectivity index (χ2n) is 5.38. The molecule has 0 aliphatic heterocycles. The third-order valence-corrected chi connectivity index (χ3v) is 3.35. The lowest BCUT2D eigenvalue weighted by atomic mass is 10.2. The number of aliphatic carboxylic acids is 2. The fraction of sp³-hybridized carbons (Fsp3) is 0.875. The van der Waals surface area contributed by atoms with Gasteiger partial charge in [-0.2, -0.15) is 0 Å². The molecule has 0 aromatic heterocycles. The molecule has 0 aromatic rings. The third-order valence-electron chi connectivity index (χ3n) is 3.35. The highest BCUT2D eigenvalue weighted by atomic mass is 16.6. The second-order valence-corrected chi connectivity index (χ2v) is 5.38. The lowest BCUT2D eigenvalue weighted by molar-refractivity contribution is -0.176. The summed E-state index contributed by atoms with van der Waals surface area (Å²) >= 11 is 0. The van der Waals surface area contributed by atoms with Gasteiger partial charge in [0.15, 0.2) is 12.2 Å². The van der Waals surface area contributed by atoms with E-state index in [1.807, 2.05) is 0 Å². The van der Waals surface area contributed by atoms with Crippen molar-refractivity contribution in [3.63, 3.8) is 0 Å². The minimum absolute atomic E-state index is 0.236. The Morgan fingerprint density at radius 2 is 1.09 bits per heavy atom. The molecule has 0 saturated heterocycles. The van der Waals surface area contributed by atoms with Gasteiger partial charge in [-0.1, -0.05) is 52.4 Å². The Balaban J connectivity index is 4.29. The lowest BCUT2D eigenvalue weighted by Crippen LogP contribution is -2.44. The van der Waals surface area contributed by atoms with E-state index in [4.69, 9.17) is 19.7 Å². The molecule has 0 aliphatic rings. The highest BCUT2D eigenvalue weighted by molar-refractivity contribution is 5.83. The summed E-state index contributed by atoms with van der Waals surface area (Å²) in [5.41, 5.74) is 0. The van der Waals surface area contributed by atoms with Gasteiger partial charge < -0.3 is 19.7 Å². The van der Waals surface area contributed by atoms with Crippen molar-refractivity contribution in [2.45, 2.75) is 77.4 Å². The molecule has 0 fully saturated rings. The van der Waals surface area contributed by atoms with E-state index in [1.54, 1.807) is 0 Å². The van der Waals surface area contributed by atoms with E-state index < -0.39 is 24.1 Å². The SMILES string of the molecule is CCCCCCOC(C(=O)O)C(OCCCCCC)C(=O)O. The Bertz CT molecular complexity index is 275. The summed E-state index contributed by atoms with van der Waals surface area (Å²) in [5, 5.41) is 18.3. The Morgan fingerprint density at radius 3 is 1.36 bits per heavy atom. The molecule has 0 spiro atoms. The van der Waals surface area contributed by atoms with Gasteiger partial charge in [-0.3, -0.25) is 0 Å². The Labute approximate surface area is 132 Å². The standard InChI is InChI=1S/C16H30O6/c1-3-5-7-9-11-21-13(15(17)18)14(16(19)20)22-12-10-8-6-4-2/h13-14H,3-12H2,1-2H3,(H,17,18)(H,19,20). The molecule has 0 amide bonds. The first-order valence-electron chi connectivity index (χ1n) is 8.23. The molecule has 0 bridgehead atoms. The van der Waals surface area contributed by atoms with Crippen LogP contribution in [0.1, 0.15) is 65.2 Å². The van der Waals surface area contributed by atoms with Crippen molar-refractivity contribution in [2.75, 3.05) is 13.2 Å². The third kappa shape index (κ3) is 9.73. The zero-order valence-corrected chi connectivity index (χ0v) is 13.8. The van der Waals surface area contributed by atoms with Crippen LogP contribution in [-0.4, -0.2) is 47.6 Å². The fourth-order valence-electron chi connectivity index (χ4n) is 2.05. The van der Waals surface area contributed by atoms with Crippen LogP contribution in [0.25, 0.3) is 0 Å². The molecule has 130 valence electrons. The van der Waals surface area contributed by atoms with Gasteiger partial charge in [0.05, 0.1) is 0 Å². The molecule has 0 radical (unpaired) electrons. The fourth-order valence-corrected chi connectivity index (χ4v) is 2.05. The van der Waals surface area contributed by atoms with Crippen molar-refractivity contribution in [3.05, 3.63) is 0 Å². The van der Waals surface area contributed by atoms with Gasteiger partial charge in [-0.05, 0) is 12.8 Å². The summed E-state index contributed by atoms with van der Waals surface area (Å²) in [5.74, 6) is -2.59. The highest BCUT2D eigenvalue weighted by Crippen LogP contribution is 2.10. The number of hydrogen-bond donors (Lipinski definition) is 2. The lowest BCUT2D eigenvalue weighted by Gasteiger charge is -2.21. The summed E-state index contributed by atoms with van der Waals surface area (Å²) in [6.45, 7) is 4.63. The number of carboxylic acids is 2. The summed E-state index contributed by atoms with van der Waals surface area (Å²) in [4.78, 5) is 22.5. The van der Waals surface area contributed by atoms with Crippen LogP contribution in [0, 0.1) is 0 Å². The predicted octanol–water partition coefficient (Wildman–Crippen LogP) is 3.09.